The Morgan fingerprint density at radius 3 is 2.56 bits per heavy atom. The van der Waals surface area contributed by atoms with Crippen LogP contribution in [0.2, 0.25) is 0 Å². The van der Waals surface area contributed by atoms with Crippen LogP contribution in [0.15, 0.2) is 0 Å². The summed E-state index contributed by atoms with van der Waals surface area (Å²) in [7, 11) is 1.60. The van der Waals surface area contributed by atoms with Crippen molar-refractivity contribution in [3.8, 4) is 0 Å². The first-order valence-electron chi connectivity index (χ1n) is 9.71. The number of hydrogen-bond acceptors (Lipinski definition) is 5. The largest absolute Gasteiger partial charge is 0.396 e. The fraction of sp³-hybridized carbons (Fsp3) is 0.842. The number of aliphatic hydroxyl groups excluding tert-OH is 1. The zero-order valence-corrected chi connectivity index (χ0v) is 17.6. The second-order valence-electron chi connectivity index (χ2n) is 9.01. The molecule has 3 heterocycles. The van der Waals surface area contributed by atoms with Gasteiger partial charge in [0.15, 0.2) is 0 Å². The number of carbonyl (C=O) groups is 3. The molecule has 8 heteroatoms. The van der Waals surface area contributed by atoms with Crippen LogP contribution in [0.1, 0.15) is 40.5 Å². The highest BCUT2D eigenvalue weighted by Crippen LogP contribution is 2.68. The van der Waals surface area contributed by atoms with Gasteiger partial charge in [-0.1, -0.05) is 6.92 Å². The van der Waals surface area contributed by atoms with Crippen molar-refractivity contribution in [1.29, 1.82) is 0 Å². The molecule has 3 amide bonds. The number of hydrogen-bond donors (Lipinski definition) is 3. The van der Waals surface area contributed by atoms with Gasteiger partial charge in [0.25, 0.3) is 0 Å². The zero-order chi connectivity index (χ0) is 20.1. The highest BCUT2D eigenvalue weighted by atomic mass is 32.2. The van der Waals surface area contributed by atoms with E-state index in [4.69, 9.17) is 0 Å². The molecule has 6 atom stereocenters. The summed E-state index contributed by atoms with van der Waals surface area (Å²) >= 11 is 1.67. The minimum absolute atomic E-state index is 0.0424. The van der Waals surface area contributed by atoms with Crippen LogP contribution >= 0.6 is 11.8 Å². The molecule has 3 fully saturated rings. The normalized spacial score (nSPS) is 37.5. The van der Waals surface area contributed by atoms with Crippen LogP contribution in [0.5, 0.6) is 0 Å². The molecule has 0 radical (unpaired) electrons. The fourth-order valence-corrected chi connectivity index (χ4v) is 7.63. The maximum Gasteiger partial charge on any atom is 0.244 e. The number of fused-ring (bicyclic) bond motifs is 1. The molecule has 0 saturated carbocycles. The molecule has 27 heavy (non-hydrogen) atoms. The predicted molar refractivity (Wildman–Crippen MR) is 104 cm³/mol. The molecular formula is C19H31N3O4S. The SMILES string of the molecule is CNC(=O)[C@@H]1[C@@H]2CC(C)C3(S2)C(C(=O)NC(C)(C)C)N(CCCO)C(=O)[C@H]13. The number of carbonyl (C=O) groups excluding carboxylic acids is 3. The van der Waals surface area contributed by atoms with Crippen LogP contribution in [0.3, 0.4) is 0 Å². The van der Waals surface area contributed by atoms with E-state index in [9.17, 15) is 19.5 Å². The molecule has 3 aliphatic rings. The van der Waals surface area contributed by atoms with Crippen molar-refractivity contribution in [2.75, 3.05) is 20.2 Å². The minimum atomic E-state index is -0.611. The lowest BCUT2D eigenvalue weighted by Crippen LogP contribution is -2.59. The Morgan fingerprint density at radius 2 is 2.00 bits per heavy atom. The molecule has 0 aromatic rings. The summed E-state index contributed by atoms with van der Waals surface area (Å²) in [6.07, 6.45) is 1.25. The molecule has 7 nitrogen and oxygen atoms in total. The maximum absolute atomic E-state index is 13.4. The van der Waals surface area contributed by atoms with Crippen molar-refractivity contribution in [3.63, 3.8) is 0 Å². The summed E-state index contributed by atoms with van der Waals surface area (Å²) in [5, 5.41) is 15.1. The summed E-state index contributed by atoms with van der Waals surface area (Å²) in [4.78, 5) is 40.9. The van der Waals surface area contributed by atoms with Crippen LogP contribution in [-0.2, 0) is 14.4 Å². The molecular weight excluding hydrogens is 366 g/mol. The van der Waals surface area contributed by atoms with Crippen LogP contribution in [-0.4, -0.2) is 69.5 Å². The Morgan fingerprint density at radius 1 is 1.33 bits per heavy atom. The molecule has 3 rings (SSSR count). The third-order valence-corrected chi connectivity index (χ3v) is 8.17. The summed E-state index contributed by atoms with van der Waals surface area (Å²) < 4.78 is -0.580. The van der Waals surface area contributed by atoms with Crippen molar-refractivity contribution in [1.82, 2.24) is 15.5 Å². The third-order valence-electron chi connectivity index (χ3n) is 6.10. The number of likely N-dealkylation sites (tertiary alicyclic amines) is 1. The van der Waals surface area contributed by atoms with Crippen LogP contribution in [0.25, 0.3) is 0 Å². The first kappa shape index (κ1) is 20.5. The predicted octanol–water partition coefficient (Wildman–Crippen LogP) is 0.367. The zero-order valence-electron chi connectivity index (χ0n) is 16.7. The van der Waals surface area contributed by atoms with Crippen molar-refractivity contribution in [3.05, 3.63) is 0 Å². The van der Waals surface area contributed by atoms with Gasteiger partial charge >= 0.3 is 0 Å². The average Bonchev–Trinajstić information content (AvgIpc) is 3.14. The smallest absolute Gasteiger partial charge is 0.244 e. The third kappa shape index (κ3) is 3.05. The monoisotopic (exact) mass is 397 g/mol. The second-order valence-corrected chi connectivity index (χ2v) is 10.6. The van der Waals surface area contributed by atoms with Gasteiger partial charge in [0, 0.05) is 31.0 Å². The Labute approximate surface area is 165 Å². The van der Waals surface area contributed by atoms with E-state index in [-0.39, 0.29) is 35.5 Å². The number of nitrogens with zero attached hydrogens (tertiary/aromatic N) is 1. The number of rotatable bonds is 5. The lowest BCUT2D eigenvalue weighted by atomic mass is 9.66. The molecule has 1 spiro atoms. The maximum atomic E-state index is 13.4. The summed E-state index contributed by atoms with van der Waals surface area (Å²) in [6, 6.07) is -0.611. The van der Waals surface area contributed by atoms with E-state index >= 15 is 0 Å². The highest BCUT2D eigenvalue weighted by molar-refractivity contribution is 8.02. The van der Waals surface area contributed by atoms with Crippen LogP contribution in [0.4, 0.5) is 0 Å². The Balaban J connectivity index is 2.04. The average molecular weight is 398 g/mol. The summed E-state index contributed by atoms with van der Waals surface area (Å²) in [5.74, 6) is -1.10. The summed E-state index contributed by atoms with van der Waals surface area (Å²) in [6.45, 7) is 8.15. The van der Waals surface area contributed by atoms with Gasteiger partial charge in [-0.2, -0.15) is 0 Å². The van der Waals surface area contributed by atoms with Crippen LogP contribution in [0, 0.1) is 17.8 Å². The molecule has 3 unspecified atom stereocenters. The first-order valence-corrected chi connectivity index (χ1v) is 10.6. The van der Waals surface area contributed by atoms with Gasteiger partial charge in [-0.3, -0.25) is 14.4 Å². The van der Waals surface area contributed by atoms with Gasteiger partial charge in [-0.05, 0) is 39.5 Å². The standard InChI is InChI=1S/C19H31N3O4S/c1-10-9-11-12(15(24)20-5)13-17(26)22(7-6-8-23)14(19(10,13)27-11)16(25)21-18(2,3)4/h10-14,23H,6-9H2,1-5H3,(H,20,24)(H,21,25)/t10?,11-,12+,13-,14?,19?/m0/s1. The van der Waals surface area contributed by atoms with Crippen LogP contribution < -0.4 is 10.6 Å². The number of thioether (sulfide) groups is 1. The van der Waals surface area contributed by atoms with E-state index in [0.29, 0.717) is 13.0 Å². The molecule has 3 saturated heterocycles. The number of amides is 3. The topological polar surface area (TPSA) is 98.7 Å². The lowest BCUT2D eigenvalue weighted by molar-refractivity contribution is -0.140. The lowest BCUT2D eigenvalue weighted by Gasteiger charge is -2.39. The Kier molecular flexibility index (Phi) is 5.27. The van der Waals surface area contributed by atoms with Crippen molar-refractivity contribution in [2.24, 2.45) is 17.8 Å². The Bertz CT molecular complexity index is 649. The molecule has 0 aliphatic carbocycles. The molecule has 152 valence electrons. The second kappa shape index (κ2) is 6.95. The van der Waals surface area contributed by atoms with Crippen molar-refractivity contribution >= 4 is 29.5 Å². The minimum Gasteiger partial charge on any atom is -0.396 e. The van der Waals surface area contributed by atoms with Gasteiger partial charge in [-0.15, -0.1) is 11.8 Å². The van der Waals surface area contributed by atoms with Gasteiger partial charge in [-0.25, -0.2) is 0 Å². The van der Waals surface area contributed by atoms with E-state index in [1.165, 1.54) is 0 Å². The fourth-order valence-electron chi connectivity index (χ4n) is 5.21. The highest BCUT2D eigenvalue weighted by Gasteiger charge is 2.75. The molecule has 3 aliphatic heterocycles. The molecule has 2 bridgehead atoms. The number of aliphatic hydroxyl groups is 1. The van der Waals surface area contributed by atoms with Gasteiger partial charge in [0.1, 0.15) is 6.04 Å². The molecule has 0 aromatic carbocycles. The molecule has 3 N–H and O–H groups in total. The van der Waals surface area contributed by atoms with Crippen molar-refractivity contribution in [2.45, 2.75) is 62.1 Å². The number of nitrogens with one attached hydrogen (secondary N) is 2. The molecule has 0 aromatic heterocycles. The van der Waals surface area contributed by atoms with E-state index in [1.807, 2.05) is 20.8 Å². The van der Waals surface area contributed by atoms with E-state index in [0.717, 1.165) is 6.42 Å². The summed E-state index contributed by atoms with van der Waals surface area (Å²) in [5.41, 5.74) is -0.414. The quantitative estimate of drug-likeness (QED) is 0.622. The van der Waals surface area contributed by atoms with Crippen molar-refractivity contribution < 1.29 is 19.5 Å². The van der Waals surface area contributed by atoms with Gasteiger partial charge < -0.3 is 20.6 Å². The van der Waals surface area contributed by atoms with Gasteiger partial charge in [0.2, 0.25) is 17.7 Å². The van der Waals surface area contributed by atoms with Gasteiger partial charge in [0.05, 0.1) is 16.6 Å². The first-order chi connectivity index (χ1) is 12.6. The van der Waals surface area contributed by atoms with E-state index in [1.54, 1.807) is 23.7 Å². The van der Waals surface area contributed by atoms with E-state index in [2.05, 4.69) is 17.6 Å². The Hall–Kier alpha value is -1.28. The van der Waals surface area contributed by atoms with E-state index < -0.39 is 28.2 Å².